The van der Waals surface area contributed by atoms with Crippen LogP contribution in [0.1, 0.15) is 22.7 Å². The van der Waals surface area contributed by atoms with Crippen molar-refractivity contribution >= 4 is 23.5 Å². The number of amides is 1. The Balaban J connectivity index is 1.88. The molecule has 7 heteroatoms. The van der Waals surface area contributed by atoms with Crippen LogP contribution >= 0.6 is 11.6 Å². The van der Waals surface area contributed by atoms with Crippen LogP contribution in [0.25, 0.3) is 0 Å². The maximum atomic E-state index is 12.8. The maximum Gasteiger partial charge on any atom is 0.328 e. The molecule has 2 aliphatic heterocycles. The number of halogens is 1. The van der Waals surface area contributed by atoms with Crippen molar-refractivity contribution in [2.24, 2.45) is 0 Å². The molecule has 4 rings (SSSR count). The van der Waals surface area contributed by atoms with E-state index < -0.39 is 18.1 Å². The van der Waals surface area contributed by atoms with Crippen LogP contribution in [0, 0.1) is 0 Å². The van der Waals surface area contributed by atoms with E-state index in [1.807, 2.05) is 42.5 Å². The third-order valence-electron chi connectivity index (χ3n) is 4.96. The summed E-state index contributed by atoms with van der Waals surface area (Å²) in [6, 6.07) is 12.1. The number of hydrogen-bond acceptors (Lipinski definition) is 5. The number of ether oxygens (including phenoxy) is 3. The quantitative estimate of drug-likeness (QED) is 0.598. The second kappa shape index (κ2) is 7.12. The fourth-order valence-electron chi connectivity index (χ4n) is 3.77. The molecule has 0 radical (unpaired) electrons. The third-order valence-corrected chi connectivity index (χ3v) is 5.19. The summed E-state index contributed by atoms with van der Waals surface area (Å²) >= 11 is 5.88. The van der Waals surface area contributed by atoms with Crippen molar-refractivity contribution in [3.8, 4) is 11.5 Å². The number of hydrogen-bond donors (Lipinski definition) is 0. The van der Waals surface area contributed by atoms with Gasteiger partial charge in [-0.1, -0.05) is 30.3 Å². The van der Waals surface area contributed by atoms with Gasteiger partial charge in [-0.15, -0.1) is 11.6 Å². The van der Waals surface area contributed by atoms with Gasteiger partial charge in [-0.2, -0.15) is 0 Å². The molecular formula is C20H18ClNO5. The highest BCUT2D eigenvalue weighted by molar-refractivity contribution is 6.27. The predicted molar refractivity (Wildman–Crippen MR) is 97.9 cm³/mol. The lowest BCUT2D eigenvalue weighted by Crippen LogP contribution is -2.52. The Hall–Kier alpha value is -2.73. The molecule has 6 nitrogen and oxygen atoms in total. The standard InChI is InChI=1S/C20H18ClNO5/c1-25-20(24)15-8-12-4-2-3-5-14(12)19(22(15)18(23)10-21)13-6-7-16-17(9-13)27-11-26-16/h2-7,9,15,19H,8,10-11H2,1H3/t15?,19-/m1/s1. The highest BCUT2D eigenvalue weighted by Gasteiger charge is 2.42. The summed E-state index contributed by atoms with van der Waals surface area (Å²) in [5.74, 6) is 0.250. The van der Waals surface area contributed by atoms with Crippen LogP contribution in [-0.4, -0.2) is 42.6 Å². The Morgan fingerprint density at radius 3 is 2.74 bits per heavy atom. The van der Waals surface area contributed by atoms with Gasteiger partial charge in [-0.3, -0.25) is 4.79 Å². The van der Waals surface area contributed by atoms with Gasteiger partial charge >= 0.3 is 5.97 Å². The second-order valence-corrected chi connectivity index (χ2v) is 6.66. The van der Waals surface area contributed by atoms with E-state index in [0.29, 0.717) is 17.9 Å². The normalized spacial score (nSPS) is 20.1. The van der Waals surface area contributed by atoms with Crippen LogP contribution in [0.15, 0.2) is 42.5 Å². The first-order valence-electron chi connectivity index (χ1n) is 8.56. The summed E-state index contributed by atoms with van der Waals surface area (Å²) in [5, 5.41) is 0. The zero-order valence-electron chi connectivity index (χ0n) is 14.7. The van der Waals surface area contributed by atoms with Gasteiger partial charge in [0.2, 0.25) is 12.7 Å². The van der Waals surface area contributed by atoms with Crippen molar-refractivity contribution in [1.82, 2.24) is 4.90 Å². The molecular weight excluding hydrogens is 370 g/mol. The lowest BCUT2D eigenvalue weighted by molar-refractivity contribution is -0.154. The minimum atomic E-state index is -0.744. The van der Waals surface area contributed by atoms with Crippen molar-refractivity contribution in [3.63, 3.8) is 0 Å². The number of alkyl halides is 1. The molecule has 0 aromatic heterocycles. The van der Waals surface area contributed by atoms with Crippen LogP contribution in [0.2, 0.25) is 0 Å². The number of benzene rings is 2. The third kappa shape index (κ3) is 3.00. The highest BCUT2D eigenvalue weighted by Crippen LogP contribution is 2.42. The molecule has 2 aromatic rings. The summed E-state index contributed by atoms with van der Waals surface area (Å²) in [6.07, 6.45) is 0.381. The average molecular weight is 388 g/mol. The van der Waals surface area contributed by atoms with E-state index in [9.17, 15) is 9.59 Å². The van der Waals surface area contributed by atoms with Crippen molar-refractivity contribution in [1.29, 1.82) is 0 Å². The molecule has 0 N–H and O–H groups in total. The molecule has 2 aromatic carbocycles. The monoisotopic (exact) mass is 387 g/mol. The van der Waals surface area contributed by atoms with Gasteiger partial charge in [-0.05, 0) is 28.8 Å². The Bertz CT molecular complexity index is 900. The van der Waals surface area contributed by atoms with Crippen LogP contribution < -0.4 is 9.47 Å². The topological polar surface area (TPSA) is 65.1 Å². The molecule has 2 atom stereocenters. The maximum absolute atomic E-state index is 12.8. The molecule has 1 amide bonds. The van der Waals surface area contributed by atoms with Crippen molar-refractivity contribution in [3.05, 3.63) is 59.2 Å². The zero-order valence-corrected chi connectivity index (χ0v) is 15.4. The van der Waals surface area contributed by atoms with Gasteiger partial charge in [0.05, 0.1) is 13.2 Å². The van der Waals surface area contributed by atoms with E-state index in [1.165, 1.54) is 12.0 Å². The summed E-state index contributed by atoms with van der Waals surface area (Å²) in [7, 11) is 1.32. The number of carbonyl (C=O) groups is 2. The van der Waals surface area contributed by atoms with E-state index in [-0.39, 0.29) is 18.6 Å². The van der Waals surface area contributed by atoms with E-state index >= 15 is 0 Å². The average Bonchev–Trinajstić information content (AvgIpc) is 3.18. The van der Waals surface area contributed by atoms with Gasteiger partial charge in [0, 0.05) is 6.42 Å². The second-order valence-electron chi connectivity index (χ2n) is 6.39. The summed E-state index contributed by atoms with van der Waals surface area (Å²) in [6.45, 7) is 0.162. The van der Waals surface area contributed by atoms with Crippen molar-refractivity contribution in [2.75, 3.05) is 19.8 Å². The van der Waals surface area contributed by atoms with E-state index in [2.05, 4.69) is 0 Å². The van der Waals surface area contributed by atoms with Crippen LogP contribution in [-0.2, 0) is 20.7 Å². The van der Waals surface area contributed by atoms with Crippen molar-refractivity contribution < 1.29 is 23.8 Å². The molecule has 0 bridgehead atoms. The Labute approximate surface area is 161 Å². The molecule has 0 spiro atoms. The largest absolute Gasteiger partial charge is 0.467 e. The predicted octanol–water partition coefficient (Wildman–Crippen LogP) is 2.67. The molecule has 0 fully saturated rings. The molecule has 0 saturated carbocycles. The van der Waals surface area contributed by atoms with Crippen LogP contribution in [0.5, 0.6) is 11.5 Å². The molecule has 0 aliphatic carbocycles. The first-order valence-corrected chi connectivity index (χ1v) is 9.09. The SMILES string of the molecule is COC(=O)C1Cc2ccccc2[C@@H](c2ccc3c(c2)OCO3)N1C(=O)CCl. The number of nitrogens with zero attached hydrogens (tertiary/aromatic N) is 1. The first-order chi connectivity index (χ1) is 13.1. The molecule has 27 heavy (non-hydrogen) atoms. The minimum Gasteiger partial charge on any atom is -0.467 e. The fraction of sp³-hybridized carbons (Fsp3) is 0.300. The number of carbonyl (C=O) groups excluding carboxylic acids is 2. The van der Waals surface area contributed by atoms with Gasteiger partial charge in [-0.25, -0.2) is 4.79 Å². The molecule has 2 aliphatic rings. The number of esters is 1. The first kappa shape index (κ1) is 17.7. The Morgan fingerprint density at radius 1 is 1.19 bits per heavy atom. The Morgan fingerprint density at radius 2 is 1.96 bits per heavy atom. The van der Waals surface area contributed by atoms with Gasteiger partial charge in [0.25, 0.3) is 0 Å². The van der Waals surface area contributed by atoms with E-state index in [0.717, 1.165) is 16.7 Å². The number of methoxy groups -OCH3 is 1. The molecule has 0 saturated heterocycles. The van der Waals surface area contributed by atoms with Crippen molar-refractivity contribution in [2.45, 2.75) is 18.5 Å². The smallest absolute Gasteiger partial charge is 0.328 e. The lowest BCUT2D eigenvalue weighted by atomic mass is 9.84. The van der Waals surface area contributed by atoms with Gasteiger partial charge < -0.3 is 19.1 Å². The summed E-state index contributed by atoms with van der Waals surface area (Å²) in [5.41, 5.74) is 2.77. The number of fused-ring (bicyclic) bond motifs is 2. The van der Waals surface area contributed by atoms with Gasteiger partial charge in [0.1, 0.15) is 11.9 Å². The zero-order chi connectivity index (χ0) is 19.0. The van der Waals surface area contributed by atoms with Gasteiger partial charge in [0.15, 0.2) is 11.5 Å². The highest BCUT2D eigenvalue weighted by atomic mass is 35.5. The Kier molecular flexibility index (Phi) is 4.66. The van der Waals surface area contributed by atoms with Crippen LogP contribution in [0.4, 0.5) is 0 Å². The minimum absolute atomic E-state index is 0.162. The number of rotatable bonds is 3. The van der Waals surface area contributed by atoms with E-state index in [4.69, 9.17) is 25.8 Å². The molecule has 2 heterocycles. The summed E-state index contributed by atoms with van der Waals surface area (Å²) in [4.78, 5) is 26.7. The summed E-state index contributed by atoms with van der Waals surface area (Å²) < 4.78 is 15.8. The fourth-order valence-corrected chi connectivity index (χ4v) is 3.90. The molecule has 140 valence electrons. The lowest BCUT2D eigenvalue weighted by Gasteiger charge is -2.42. The van der Waals surface area contributed by atoms with Crippen LogP contribution in [0.3, 0.4) is 0 Å². The molecule has 1 unspecified atom stereocenters. The van der Waals surface area contributed by atoms with E-state index in [1.54, 1.807) is 0 Å².